The Hall–Kier alpha value is -2.95. The van der Waals surface area contributed by atoms with Gasteiger partial charge in [0.1, 0.15) is 0 Å². The van der Waals surface area contributed by atoms with Crippen LogP contribution >= 0.6 is 0 Å². The van der Waals surface area contributed by atoms with Gasteiger partial charge in [0, 0.05) is 11.4 Å². The minimum absolute atomic E-state index is 0.481. The molecule has 0 spiro atoms. The fourth-order valence-electron chi connectivity index (χ4n) is 2.87. The quantitative estimate of drug-likeness (QED) is 0.699. The maximum atomic E-state index is 4.57. The van der Waals surface area contributed by atoms with E-state index in [0.717, 1.165) is 28.9 Å². The Morgan fingerprint density at radius 2 is 1.48 bits per heavy atom. The fourth-order valence-corrected chi connectivity index (χ4v) is 2.87. The van der Waals surface area contributed by atoms with Gasteiger partial charge in [-0.25, -0.2) is 0 Å². The van der Waals surface area contributed by atoms with Gasteiger partial charge in [-0.05, 0) is 49.4 Å². The lowest BCUT2D eigenvalue weighted by atomic mass is 10.1. The largest absolute Gasteiger partial charge is 0.338 e. The van der Waals surface area contributed by atoms with Crippen LogP contribution < -0.4 is 10.6 Å². The van der Waals surface area contributed by atoms with Crippen molar-refractivity contribution in [2.24, 2.45) is 0 Å². The molecule has 1 heterocycles. The van der Waals surface area contributed by atoms with Crippen LogP contribution in [-0.4, -0.2) is 15.2 Å². The van der Waals surface area contributed by atoms with Crippen LogP contribution in [0.25, 0.3) is 0 Å². The zero-order valence-electron chi connectivity index (χ0n) is 15.1. The normalized spacial score (nSPS) is 10.6. The Labute approximate surface area is 148 Å². The second-order valence-electron chi connectivity index (χ2n) is 6.14. The summed E-state index contributed by atoms with van der Waals surface area (Å²) in [6.45, 7) is 8.36. The van der Waals surface area contributed by atoms with Crippen molar-refractivity contribution in [2.75, 3.05) is 10.6 Å². The molecule has 0 saturated heterocycles. The minimum Gasteiger partial charge on any atom is -0.338 e. The minimum atomic E-state index is 0.481. The van der Waals surface area contributed by atoms with Crippen LogP contribution in [0.3, 0.4) is 0 Å². The predicted molar refractivity (Wildman–Crippen MR) is 103 cm³/mol. The van der Waals surface area contributed by atoms with Crippen molar-refractivity contribution in [2.45, 2.75) is 34.1 Å². The van der Waals surface area contributed by atoms with Crippen LogP contribution in [0.5, 0.6) is 0 Å². The second kappa shape index (κ2) is 7.30. The monoisotopic (exact) mass is 333 g/mol. The van der Waals surface area contributed by atoms with Gasteiger partial charge in [-0.3, -0.25) is 0 Å². The van der Waals surface area contributed by atoms with Crippen molar-refractivity contribution >= 4 is 23.1 Å². The summed E-state index contributed by atoms with van der Waals surface area (Å²) in [5, 5.41) is 14.9. The molecule has 2 N–H and O–H groups in total. The van der Waals surface area contributed by atoms with Gasteiger partial charge in [-0.1, -0.05) is 43.3 Å². The van der Waals surface area contributed by atoms with Crippen LogP contribution in [0.15, 0.2) is 42.6 Å². The number of para-hydroxylation sites is 2. The van der Waals surface area contributed by atoms with E-state index >= 15 is 0 Å². The van der Waals surface area contributed by atoms with Crippen LogP contribution in [0, 0.1) is 20.8 Å². The molecule has 1 aromatic heterocycles. The molecule has 128 valence electrons. The molecule has 0 aliphatic carbocycles. The van der Waals surface area contributed by atoms with E-state index in [1.807, 2.05) is 6.07 Å². The van der Waals surface area contributed by atoms with Crippen LogP contribution in [0.4, 0.5) is 23.1 Å². The number of hydrogen-bond acceptors (Lipinski definition) is 5. The van der Waals surface area contributed by atoms with Crippen molar-refractivity contribution in [1.29, 1.82) is 0 Å². The van der Waals surface area contributed by atoms with E-state index in [1.165, 1.54) is 11.1 Å². The van der Waals surface area contributed by atoms with E-state index in [0.29, 0.717) is 11.8 Å². The molecular formula is C20H23N5. The van der Waals surface area contributed by atoms with Crippen molar-refractivity contribution in [3.05, 3.63) is 64.8 Å². The summed E-state index contributed by atoms with van der Waals surface area (Å²) in [6, 6.07) is 12.5. The molecule has 0 aliphatic rings. The summed E-state index contributed by atoms with van der Waals surface area (Å²) in [5.74, 6) is 1.15. The molecule has 25 heavy (non-hydrogen) atoms. The van der Waals surface area contributed by atoms with Crippen LogP contribution in [0.1, 0.15) is 29.2 Å². The van der Waals surface area contributed by atoms with Gasteiger partial charge in [0.15, 0.2) is 5.82 Å². The van der Waals surface area contributed by atoms with Gasteiger partial charge in [0.2, 0.25) is 5.95 Å². The van der Waals surface area contributed by atoms with E-state index < -0.39 is 0 Å². The highest BCUT2D eigenvalue weighted by molar-refractivity contribution is 5.66. The third kappa shape index (κ3) is 3.76. The third-order valence-corrected chi connectivity index (χ3v) is 4.27. The van der Waals surface area contributed by atoms with Crippen molar-refractivity contribution < 1.29 is 0 Å². The average Bonchev–Trinajstić information content (AvgIpc) is 2.60. The van der Waals surface area contributed by atoms with Gasteiger partial charge in [0.05, 0.1) is 6.20 Å². The smallest absolute Gasteiger partial charge is 0.249 e. The van der Waals surface area contributed by atoms with E-state index in [-0.39, 0.29) is 0 Å². The number of benzene rings is 2. The first-order chi connectivity index (χ1) is 12.1. The summed E-state index contributed by atoms with van der Waals surface area (Å²) >= 11 is 0. The van der Waals surface area contributed by atoms with Gasteiger partial charge < -0.3 is 10.6 Å². The average molecular weight is 333 g/mol. The van der Waals surface area contributed by atoms with Crippen molar-refractivity contribution in [3.63, 3.8) is 0 Å². The Balaban J connectivity index is 1.88. The van der Waals surface area contributed by atoms with Crippen LogP contribution in [-0.2, 0) is 6.42 Å². The summed E-state index contributed by atoms with van der Waals surface area (Å²) in [7, 11) is 0. The molecule has 0 amide bonds. The lowest BCUT2D eigenvalue weighted by Gasteiger charge is -2.14. The van der Waals surface area contributed by atoms with Crippen molar-refractivity contribution in [3.8, 4) is 0 Å². The number of hydrogen-bond donors (Lipinski definition) is 2. The molecule has 0 radical (unpaired) electrons. The fraction of sp³-hybridized carbons (Fsp3) is 0.250. The summed E-state index contributed by atoms with van der Waals surface area (Å²) < 4.78 is 0. The Morgan fingerprint density at radius 3 is 2.16 bits per heavy atom. The van der Waals surface area contributed by atoms with E-state index in [9.17, 15) is 0 Å². The zero-order valence-corrected chi connectivity index (χ0v) is 15.1. The molecule has 3 rings (SSSR count). The van der Waals surface area contributed by atoms with Gasteiger partial charge in [-0.2, -0.15) is 10.1 Å². The van der Waals surface area contributed by atoms with Gasteiger partial charge in [0.25, 0.3) is 0 Å². The maximum Gasteiger partial charge on any atom is 0.249 e. The molecule has 5 heteroatoms. The SMILES string of the molecule is CCc1cccc(C)c1Nc1cnnc(Nc2c(C)cccc2C)n1. The predicted octanol–water partition coefficient (Wildman–Crippen LogP) is 4.85. The molecule has 0 aliphatic heterocycles. The number of nitrogens with zero attached hydrogens (tertiary/aromatic N) is 3. The summed E-state index contributed by atoms with van der Waals surface area (Å²) in [4.78, 5) is 4.57. The lowest BCUT2D eigenvalue weighted by molar-refractivity contribution is 0.979. The lowest BCUT2D eigenvalue weighted by Crippen LogP contribution is -2.05. The van der Waals surface area contributed by atoms with Crippen LogP contribution in [0.2, 0.25) is 0 Å². The highest BCUT2D eigenvalue weighted by Gasteiger charge is 2.09. The highest BCUT2D eigenvalue weighted by Crippen LogP contribution is 2.26. The number of nitrogens with one attached hydrogen (secondary N) is 2. The molecule has 0 bridgehead atoms. The summed E-state index contributed by atoms with van der Waals surface area (Å²) in [5.41, 5.74) is 6.84. The first-order valence-electron chi connectivity index (χ1n) is 8.47. The Morgan fingerprint density at radius 1 is 0.840 bits per heavy atom. The van der Waals surface area contributed by atoms with E-state index in [2.05, 4.69) is 83.8 Å². The number of anilines is 4. The molecule has 3 aromatic rings. The van der Waals surface area contributed by atoms with Gasteiger partial charge >= 0.3 is 0 Å². The zero-order chi connectivity index (χ0) is 17.8. The standard InChI is InChI=1S/C20H23N5/c1-5-16-11-7-10-15(4)19(16)22-17-12-21-25-20(23-17)24-18-13(2)8-6-9-14(18)3/h6-12H,5H2,1-4H3,(H2,22,23,24,25). The number of aryl methyl sites for hydroxylation is 4. The molecular weight excluding hydrogens is 310 g/mol. The highest BCUT2D eigenvalue weighted by atomic mass is 15.3. The van der Waals surface area contributed by atoms with E-state index in [1.54, 1.807) is 6.20 Å². The topological polar surface area (TPSA) is 62.7 Å². The van der Waals surface area contributed by atoms with E-state index in [4.69, 9.17) is 0 Å². The first-order valence-corrected chi connectivity index (χ1v) is 8.47. The number of aromatic nitrogens is 3. The molecule has 0 saturated carbocycles. The molecule has 0 unspecified atom stereocenters. The molecule has 0 atom stereocenters. The molecule has 0 fully saturated rings. The number of rotatable bonds is 5. The Bertz CT molecular complexity index is 869. The molecule has 2 aromatic carbocycles. The molecule has 5 nitrogen and oxygen atoms in total. The maximum absolute atomic E-state index is 4.57. The second-order valence-corrected chi connectivity index (χ2v) is 6.14. The first kappa shape index (κ1) is 16.9. The third-order valence-electron chi connectivity index (χ3n) is 4.27. The summed E-state index contributed by atoms with van der Waals surface area (Å²) in [6.07, 6.45) is 2.60. The Kier molecular flexibility index (Phi) is 4.93. The van der Waals surface area contributed by atoms with Crippen molar-refractivity contribution in [1.82, 2.24) is 15.2 Å². The van der Waals surface area contributed by atoms with Gasteiger partial charge in [-0.15, -0.1) is 5.10 Å².